The van der Waals surface area contributed by atoms with E-state index in [0.717, 1.165) is 11.1 Å². The molecule has 0 saturated heterocycles. The number of methoxy groups -OCH3 is 1. The van der Waals surface area contributed by atoms with Crippen molar-refractivity contribution in [2.24, 2.45) is 5.10 Å². The summed E-state index contributed by atoms with van der Waals surface area (Å²) in [7, 11) is 1.57. The topological polar surface area (TPSA) is 52.3 Å². The average Bonchev–Trinajstić information content (AvgIpc) is 3.02. The normalized spacial score (nSPS) is 11.4. The molecule has 134 valence electrons. The van der Waals surface area contributed by atoms with Gasteiger partial charge in [0.1, 0.15) is 5.75 Å². The first-order valence-electron chi connectivity index (χ1n) is 7.72. The van der Waals surface area contributed by atoms with Gasteiger partial charge in [-0.2, -0.15) is 18.6 Å². The van der Waals surface area contributed by atoms with Crippen LogP contribution in [0.25, 0.3) is 11.4 Å². The zero-order chi connectivity index (χ0) is 18.5. The van der Waals surface area contributed by atoms with Gasteiger partial charge in [0.05, 0.1) is 13.3 Å². The molecule has 3 rings (SSSR count). The highest BCUT2D eigenvalue weighted by Crippen LogP contribution is 2.28. The quantitative estimate of drug-likeness (QED) is 0.472. The maximum atomic E-state index is 12.8. The van der Waals surface area contributed by atoms with Crippen molar-refractivity contribution >= 4 is 18.0 Å². The van der Waals surface area contributed by atoms with Crippen LogP contribution < -0.4 is 4.74 Å². The smallest absolute Gasteiger partial charge is 0.291 e. The Morgan fingerprint density at radius 3 is 2.58 bits per heavy atom. The molecule has 8 heteroatoms. The summed E-state index contributed by atoms with van der Waals surface area (Å²) in [5, 5.41) is 12.2. The van der Waals surface area contributed by atoms with Gasteiger partial charge in [0.2, 0.25) is 5.16 Å². The van der Waals surface area contributed by atoms with Crippen LogP contribution in [-0.4, -0.2) is 34.0 Å². The molecule has 0 N–H and O–H groups in total. The zero-order valence-electron chi connectivity index (χ0n) is 14.1. The van der Waals surface area contributed by atoms with E-state index < -0.39 is 5.76 Å². The van der Waals surface area contributed by atoms with Crippen LogP contribution in [0, 0.1) is 6.92 Å². The lowest BCUT2D eigenvalue weighted by Gasteiger charge is -2.05. The monoisotopic (exact) mass is 374 g/mol. The largest absolute Gasteiger partial charge is 0.497 e. The van der Waals surface area contributed by atoms with E-state index in [1.165, 1.54) is 4.68 Å². The van der Waals surface area contributed by atoms with Gasteiger partial charge >= 0.3 is 0 Å². The molecule has 5 nitrogen and oxygen atoms in total. The minimum Gasteiger partial charge on any atom is -0.497 e. The van der Waals surface area contributed by atoms with Crippen molar-refractivity contribution in [1.82, 2.24) is 14.9 Å². The third-order valence-corrected chi connectivity index (χ3v) is 4.16. The van der Waals surface area contributed by atoms with E-state index in [0.29, 0.717) is 28.9 Å². The summed E-state index contributed by atoms with van der Waals surface area (Å²) >= 11 is 0.304. The molecule has 0 radical (unpaired) electrons. The van der Waals surface area contributed by atoms with Gasteiger partial charge in [-0.3, -0.25) is 0 Å². The minimum atomic E-state index is -2.61. The van der Waals surface area contributed by atoms with Crippen LogP contribution >= 0.6 is 11.8 Å². The third-order valence-electron chi connectivity index (χ3n) is 3.52. The SMILES string of the molecule is COc1ccc(-c2nnc(SC(F)F)n2/N=C\c2cccc(C)c2)cc1. The first-order valence-corrected chi connectivity index (χ1v) is 8.60. The second-order valence-corrected chi connectivity index (χ2v) is 6.34. The van der Waals surface area contributed by atoms with Crippen molar-refractivity contribution in [3.8, 4) is 17.1 Å². The lowest BCUT2D eigenvalue weighted by atomic mass is 10.2. The second kappa shape index (κ2) is 8.09. The number of benzene rings is 2. The lowest BCUT2D eigenvalue weighted by molar-refractivity contribution is 0.251. The maximum absolute atomic E-state index is 12.8. The molecule has 0 amide bonds. The molecule has 0 fully saturated rings. The number of aryl methyl sites for hydroxylation is 1. The Balaban J connectivity index is 2.00. The summed E-state index contributed by atoms with van der Waals surface area (Å²) in [6, 6.07) is 14.8. The van der Waals surface area contributed by atoms with E-state index in [2.05, 4.69) is 15.3 Å². The van der Waals surface area contributed by atoms with Gasteiger partial charge < -0.3 is 4.74 Å². The predicted molar refractivity (Wildman–Crippen MR) is 98.0 cm³/mol. The molecule has 0 unspecified atom stereocenters. The van der Waals surface area contributed by atoms with Crippen molar-refractivity contribution in [3.05, 3.63) is 59.7 Å². The molecule has 0 spiro atoms. The van der Waals surface area contributed by atoms with E-state index in [-0.39, 0.29) is 5.16 Å². The average molecular weight is 374 g/mol. The van der Waals surface area contributed by atoms with Gasteiger partial charge in [-0.15, -0.1) is 10.2 Å². The van der Waals surface area contributed by atoms with Crippen molar-refractivity contribution in [2.75, 3.05) is 7.11 Å². The number of ether oxygens (including phenoxy) is 1. The Kier molecular flexibility index (Phi) is 5.62. The van der Waals surface area contributed by atoms with Gasteiger partial charge in [-0.25, -0.2) is 0 Å². The fourth-order valence-corrected chi connectivity index (χ4v) is 2.80. The molecular weight excluding hydrogens is 358 g/mol. The van der Waals surface area contributed by atoms with Crippen LogP contribution in [0.15, 0.2) is 58.8 Å². The number of rotatable bonds is 6. The van der Waals surface area contributed by atoms with Crippen LogP contribution in [0.5, 0.6) is 5.75 Å². The standard InChI is InChI=1S/C18H16F2N4OS/c1-12-4-3-5-13(10-12)11-21-24-16(22-23-18(24)26-17(19)20)14-6-8-15(25-2)9-7-14/h3-11,17H,1-2H3/b21-11-. The van der Waals surface area contributed by atoms with E-state index in [1.54, 1.807) is 37.6 Å². The number of hydrogen-bond acceptors (Lipinski definition) is 5. The Morgan fingerprint density at radius 2 is 1.92 bits per heavy atom. The molecule has 1 aromatic heterocycles. The lowest BCUT2D eigenvalue weighted by Crippen LogP contribution is -1.98. The molecule has 0 aliphatic rings. The number of hydrogen-bond donors (Lipinski definition) is 0. The molecule has 1 heterocycles. The molecule has 0 saturated carbocycles. The van der Waals surface area contributed by atoms with E-state index in [4.69, 9.17) is 4.74 Å². The van der Waals surface area contributed by atoms with Gasteiger partial charge in [-0.1, -0.05) is 29.8 Å². The molecule has 2 aromatic carbocycles. The first kappa shape index (κ1) is 18.1. The van der Waals surface area contributed by atoms with Crippen LogP contribution in [0.2, 0.25) is 0 Å². The maximum Gasteiger partial charge on any atom is 0.291 e. The molecule has 3 aromatic rings. The van der Waals surface area contributed by atoms with E-state index in [1.807, 2.05) is 31.2 Å². The number of halogens is 2. The van der Waals surface area contributed by atoms with Crippen LogP contribution in [0.3, 0.4) is 0 Å². The summed E-state index contributed by atoms with van der Waals surface area (Å²) < 4.78 is 32.1. The number of nitrogens with zero attached hydrogens (tertiary/aromatic N) is 4. The molecule has 0 aliphatic carbocycles. The first-order chi connectivity index (χ1) is 12.6. The van der Waals surface area contributed by atoms with Crippen molar-refractivity contribution < 1.29 is 13.5 Å². The third kappa shape index (κ3) is 4.26. The summed E-state index contributed by atoms with van der Waals surface area (Å²) in [4.78, 5) is 0. The fraction of sp³-hybridized carbons (Fsp3) is 0.167. The van der Waals surface area contributed by atoms with Crippen LogP contribution in [-0.2, 0) is 0 Å². The van der Waals surface area contributed by atoms with Gasteiger partial charge in [0.25, 0.3) is 5.76 Å². The Morgan fingerprint density at radius 1 is 1.15 bits per heavy atom. The fourth-order valence-electron chi connectivity index (χ4n) is 2.32. The minimum absolute atomic E-state index is 0.0229. The summed E-state index contributed by atoms with van der Waals surface area (Å²) in [5.74, 6) is -1.55. The van der Waals surface area contributed by atoms with Gasteiger partial charge in [-0.05, 0) is 48.5 Å². The van der Waals surface area contributed by atoms with E-state index >= 15 is 0 Å². The van der Waals surface area contributed by atoms with Crippen molar-refractivity contribution in [2.45, 2.75) is 17.8 Å². The number of thioether (sulfide) groups is 1. The Labute approximate surface area is 153 Å². The van der Waals surface area contributed by atoms with Crippen molar-refractivity contribution in [1.29, 1.82) is 0 Å². The molecule has 26 heavy (non-hydrogen) atoms. The second-order valence-electron chi connectivity index (χ2n) is 5.38. The molecule has 0 atom stereocenters. The summed E-state index contributed by atoms with van der Waals surface area (Å²) in [5.41, 5.74) is 2.63. The van der Waals surface area contributed by atoms with Gasteiger partial charge in [0.15, 0.2) is 5.82 Å². The highest BCUT2D eigenvalue weighted by Gasteiger charge is 2.18. The van der Waals surface area contributed by atoms with Crippen molar-refractivity contribution in [3.63, 3.8) is 0 Å². The summed E-state index contributed by atoms with van der Waals surface area (Å²) in [6.07, 6.45) is 1.60. The van der Waals surface area contributed by atoms with Crippen LogP contribution in [0.4, 0.5) is 8.78 Å². The molecule has 0 bridgehead atoms. The molecule has 0 aliphatic heterocycles. The van der Waals surface area contributed by atoms with Crippen LogP contribution in [0.1, 0.15) is 11.1 Å². The van der Waals surface area contributed by atoms with Gasteiger partial charge in [0, 0.05) is 5.56 Å². The summed E-state index contributed by atoms with van der Waals surface area (Å²) in [6.45, 7) is 1.97. The molecular formula is C18H16F2N4OS. The highest BCUT2D eigenvalue weighted by atomic mass is 32.2. The Bertz CT molecular complexity index is 910. The zero-order valence-corrected chi connectivity index (χ0v) is 15.0. The number of aromatic nitrogens is 3. The Hall–Kier alpha value is -2.74. The van der Waals surface area contributed by atoms with E-state index in [9.17, 15) is 8.78 Å². The number of alkyl halides is 2. The predicted octanol–water partition coefficient (Wildman–Crippen LogP) is 4.46. The highest BCUT2D eigenvalue weighted by molar-refractivity contribution is 7.99.